The van der Waals surface area contributed by atoms with Gasteiger partial charge >= 0.3 is 5.97 Å². The zero-order valence-corrected chi connectivity index (χ0v) is 14.9. The van der Waals surface area contributed by atoms with E-state index in [0.717, 1.165) is 21.4 Å². The third-order valence-corrected chi connectivity index (χ3v) is 5.62. The smallest absolute Gasteiger partial charge is 0.357 e. The van der Waals surface area contributed by atoms with E-state index in [1.54, 1.807) is 12.3 Å². The Labute approximate surface area is 145 Å². The molecule has 3 rings (SSSR count). The number of aromatic nitrogens is 3. The van der Waals surface area contributed by atoms with Crippen LogP contribution in [0.25, 0.3) is 21.4 Å². The average molecular weight is 366 g/mol. The predicted octanol–water partition coefficient (Wildman–Crippen LogP) is 3.59. The molecule has 0 amide bonds. The van der Waals surface area contributed by atoms with Crippen molar-refractivity contribution in [2.75, 3.05) is 6.61 Å². The molecule has 120 valence electrons. The monoisotopic (exact) mass is 366 g/mol. The fraction of sp³-hybridized carbons (Fsp3) is 0.286. The first kappa shape index (κ1) is 16.2. The minimum atomic E-state index is -0.411. The summed E-state index contributed by atoms with van der Waals surface area (Å²) in [6.07, 6.45) is 0. The zero-order valence-electron chi connectivity index (χ0n) is 12.5. The fourth-order valence-corrected chi connectivity index (χ4v) is 4.20. The van der Waals surface area contributed by atoms with Gasteiger partial charge in [-0.15, -0.1) is 34.0 Å². The van der Waals surface area contributed by atoms with Gasteiger partial charge in [0.2, 0.25) is 0 Å². The summed E-state index contributed by atoms with van der Waals surface area (Å²) in [4.78, 5) is 25.0. The van der Waals surface area contributed by atoms with Crippen molar-refractivity contribution < 1.29 is 9.53 Å². The maximum absolute atomic E-state index is 11.7. The Bertz CT molecular complexity index is 821. The summed E-state index contributed by atoms with van der Waals surface area (Å²) < 4.78 is 4.94. The van der Waals surface area contributed by atoms with Crippen LogP contribution >= 0.6 is 34.0 Å². The van der Waals surface area contributed by atoms with E-state index in [9.17, 15) is 4.79 Å². The molecule has 0 bridgehead atoms. The summed E-state index contributed by atoms with van der Waals surface area (Å²) in [5.74, 6) is -0.411. The van der Waals surface area contributed by atoms with E-state index >= 15 is 0 Å². The lowest BCUT2D eigenvalue weighted by molar-refractivity contribution is 0.0520. The first-order valence-electron chi connectivity index (χ1n) is 6.88. The van der Waals surface area contributed by atoms with Gasteiger partial charge in [0.25, 0.3) is 0 Å². The van der Waals surface area contributed by atoms with Crippen molar-refractivity contribution in [3.05, 3.63) is 26.8 Å². The first-order valence-corrected chi connectivity index (χ1v) is 9.52. The molecule has 0 aliphatic rings. The second-order valence-electron chi connectivity index (χ2n) is 4.66. The molecule has 0 aromatic carbocycles. The van der Waals surface area contributed by atoms with Crippen molar-refractivity contribution in [1.82, 2.24) is 15.0 Å². The van der Waals surface area contributed by atoms with Crippen LogP contribution in [0.3, 0.4) is 0 Å². The van der Waals surface area contributed by atoms with Crippen LogP contribution in [0, 0.1) is 0 Å². The molecule has 23 heavy (non-hydrogen) atoms. The number of thiazole rings is 3. The van der Waals surface area contributed by atoms with Gasteiger partial charge in [-0.25, -0.2) is 19.7 Å². The van der Waals surface area contributed by atoms with Crippen LogP contribution in [-0.2, 0) is 4.74 Å². The van der Waals surface area contributed by atoms with Gasteiger partial charge in [-0.1, -0.05) is 0 Å². The molecule has 0 unspecified atom stereocenters. The minimum Gasteiger partial charge on any atom is -0.461 e. The van der Waals surface area contributed by atoms with Gasteiger partial charge in [0.05, 0.1) is 12.6 Å². The van der Waals surface area contributed by atoms with Crippen LogP contribution in [0.15, 0.2) is 16.1 Å². The summed E-state index contributed by atoms with van der Waals surface area (Å²) in [5, 5.41) is 7.94. The average Bonchev–Trinajstić information content (AvgIpc) is 3.26. The molecule has 0 radical (unpaired) electrons. The Balaban J connectivity index is 1.82. The quantitative estimate of drug-likeness (QED) is 0.694. The van der Waals surface area contributed by atoms with Gasteiger partial charge in [0.1, 0.15) is 26.4 Å². The third kappa shape index (κ3) is 3.47. The van der Waals surface area contributed by atoms with E-state index in [0.29, 0.717) is 17.3 Å². The molecule has 0 spiro atoms. The molecule has 0 fully saturated rings. The fourth-order valence-electron chi connectivity index (χ4n) is 1.77. The number of ether oxygens (including phenoxy) is 1. The Hall–Kier alpha value is -1.68. The molecule has 9 heteroatoms. The van der Waals surface area contributed by atoms with E-state index in [4.69, 9.17) is 10.5 Å². The number of rotatable bonds is 5. The molecular weight excluding hydrogens is 352 g/mol. The van der Waals surface area contributed by atoms with Crippen molar-refractivity contribution in [2.24, 2.45) is 5.73 Å². The van der Waals surface area contributed by atoms with Gasteiger partial charge in [0.15, 0.2) is 5.69 Å². The Kier molecular flexibility index (Phi) is 4.81. The predicted molar refractivity (Wildman–Crippen MR) is 92.9 cm³/mol. The molecule has 6 nitrogen and oxygen atoms in total. The molecular formula is C14H14N4O2S3. The second kappa shape index (κ2) is 6.83. The standard InChI is InChI=1S/C14H14N4O2S3/c1-3-20-14(19)10-6-23-13(18-10)9-5-22-12(17-9)8-4-21-11(16-8)7(2)15/h4-7H,3,15H2,1-2H3/t7-/m0/s1. The van der Waals surface area contributed by atoms with Crippen LogP contribution in [-0.4, -0.2) is 27.5 Å². The Morgan fingerprint density at radius 3 is 2.48 bits per heavy atom. The molecule has 0 saturated heterocycles. The largest absolute Gasteiger partial charge is 0.461 e. The summed E-state index contributed by atoms with van der Waals surface area (Å²) in [5.41, 5.74) is 7.71. The number of hydrogen-bond donors (Lipinski definition) is 1. The Morgan fingerprint density at radius 1 is 1.13 bits per heavy atom. The van der Waals surface area contributed by atoms with Gasteiger partial charge in [-0.3, -0.25) is 0 Å². The maximum atomic E-state index is 11.7. The summed E-state index contributed by atoms with van der Waals surface area (Å²) in [6.45, 7) is 4.00. The lowest BCUT2D eigenvalue weighted by atomic mass is 10.4. The van der Waals surface area contributed by atoms with E-state index in [1.807, 2.05) is 17.7 Å². The van der Waals surface area contributed by atoms with Gasteiger partial charge in [-0.05, 0) is 13.8 Å². The summed E-state index contributed by atoms with van der Waals surface area (Å²) in [6, 6.07) is -0.0840. The van der Waals surface area contributed by atoms with Crippen molar-refractivity contribution in [3.8, 4) is 21.4 Å². The zero-order chi connectivity index (χ0) is 16.4. The van der Waals surface area contributed by atoms with Crippen molar-refractivity contribution in [3.63, 3.8) is 0 Å². The molecule has 3 heterocycles. The highest BCUT2D eigenvalue weighted by atomic mass is 32.1. The highest BCUT2D eigenvalue weighted by molar-refractivity contribution is 7.16. The lowest BCUT2D eigenvalue weighted by Crippen LogP contribution is -2.04. The summed E-state index contributed by atoms with van der Waals surface area (Å²) in [7, 11) is 0. The van der Waals surface area contributed by atoms with Gasteiger partial charge in [0, 0.05) is 16.1 Å². The number of carbonyl (C=O) groups excluding carboxylic acids is 1. The van der Waals surface area contributed by atoms with Crippen molar-refractivity contribution >= 4 is 40.0 Å². The number of esters is 1. The van der Waals surface area contributed by atoms with E-state index in [2.05, 4.69) is 15.0 Å². The maximum Gasteiger partial charge on any atom is 0.357 e. The van der Waals surface area contributed by atoms with Crippen LogP contribution in [0.5, 0.6) is 0 Å². The molecule has 3 aromatic heterocycles. The third-order valence-electron chi connectivity index (χ3n) is 2.84. The normalized spacial score (nSPS) is 12.3. The van der Waals surface area contributed by atoms with Gasteiger partial charge in [-0.2, -0.15) is 0 Å². The number of carbonyl (C=O) groups is 1. The van der Waals surface area contributed by atoms with E-state index in [1.165, 1.54) is 34.0 Å². The number of nitrogens with two attached hydrogens (primary N) is 1. The number of hydrogen-bond acceptors (Lipinski definition) is 9. The highest BCUT2D eigenvalue weighted by Gasteiger charge is 2.16. The lowest BCUT2D eigenvalue weighted by Gasteiger charge is -1.96. The SMILES string of the molecule is CCOC(=O)c1csc(-c2csc(-c3csc([C@H](C)N)n3)n2)n1. The van der Waals surface area contributed by atoms with Crippen LogP contribution in [0.1, 0.15) is 35.4 Å². The molecule has 0 saturated carbocycles. The molecule has 0 aliphatic heterocycles. The highest BCUT2D eigenvalue weighted by Crippen LogP contribution is 2.32. The molecule has 2 N–H and O–H groups in total. The van der Waals surface area contributed by atoms with Crippen LogP contribution < -0.4 is 5.73 Å². The van der Waals surface area contributed by atoms with E-state index < -0.39 is 5.97 Å². The van der Waals surface area contributed by atoms with Crippen LogP contribution in [0.2, 0.25) is 0 Å². The second-order valence-corrected chi connectivity index (χ2v) is 7.26. The molecule has 3 aromatic rings. The van der Waals surface area contributed by atoms with Crippen LogP contribution in [0.4, 0.5) is 0 Å². The Morgan fingerprint density at radius 2 is 1.78 bits per heavy atom. The topological polar surface area (TPSA) is 91.0 Å². The van der Waals surface area contributed by atoms with Crippen molar-refractivity contribution in [1.29, 1.82) is 0 Å². The van der Waals surface area contributed by atoms with Gasteiger partial charge < -0.3 is 10.5 Å². The molecule has 1 atom stereocenters. The number of nitrogens with zero attached hydrogens (tertiary/aromatic N) is 3. The van der Waals surface area contributed by atoms with E-state index in [-0.39, 0.29) is 6.04 Å². The van der Waals surface area contributed by atoms with Crippen molar-refractivity contribution in [2.45, 2.75) is 19.9 Å². The minimum absolute atomic E-state index is 0.0840. The summed E-state index contributed by atoms with van der Waals surface area (Å²) >= 11 is 4.39. The molecule has 0 aliphatic carbocycles. The first-order chi connectivity index (χ1) is 11.1.